The number of hydrogen-bond acceptors (Lipinski definition) is 2. The molecule has 1 atom stereocenters. The molecule has 1 heterocycles. The fourth-order valence-electron chi connectivity index (χ4n) is 2.67. The molecule has 0 radical (unpaired) electrons. The molecule has 3 heteroatoms. The molecule has 0 aliphatic rings. The summed E-state index contributed by atoms with van der Waals surface area (Å²) >= 11 is 0. The van der Waals surface area contributed by atoms with E-state index in [0.29, 0.717) is 0 Å². The minimum atomic E-state index is 0.223. The van der Waals surface area contributed by atoms with Gasteiger partial charge in [-0.1, -0.05) is 49.4 Å². The van der Waals surface area contributed by atoms with E-state index in [0.717, 1.165) is 18.8 Å². The van der Waals surface area contributed by atoms with Crippen LogP contribution in [-0.4, -0.2) is 16.5 Å². The summed E-state index contributed by atoms with van der Waals surface area (Å²) in [5.74, 6) is 1.000. The number of benzene rings is 2. The molecule has 2 aromatic carbocycles. The summed E-state index contributed by atoms with van der Waals surface area (Å²) in [6, 6.07) is 15.2. The van der Waals surface area contributed by atoms with Crippen LogP contribution in [-0.2, 0) is 6.42 Å². The Balaban J connectivity index is 1.94. The van der Waals surface area contributed by atoms with Crippen LogP contribution in [0.1, 0.15) is 24.4 Å². The van der Waals surface area contributed by atoms with Crippen LogP contribution in [0.15, 0.2) is 54.9 Å². The Morgan fingerprint density at radius 1 is 1.15 bits per heavy atom. The first-order valence-corrected chi connectivity index (χ1v) is 7.07. The number of rotatable bonds is 5. The Morgan fingerprint density at radius 2 is 2.00 bits per heavy atom. The molecule has 3 nitrogen and oxygen atoms in total. The monoisotopic (exact) mass is 265 g/mol. The van der Waals surface area contributed by atoms with E-state index in [1.807, 2.05) is 12.4 Å². The minimum absolute atomic E-state index is 0.223. The Bertz CT molecular complexity index is 668. The third-order valence-electron chi connectivity index (χ3n) is 3.60. The molecular formula is C17H19N3. The third kappa shape index (κ3) is 2.58. The lowest BCUT2D eigenvalue weighted by atomic mass is 9.98. The molecule has 0 amide bonds. The van der Waals surface area contributed by atoms with E-state index in [2.05, 4.69) is 64.7 Å². The number of nitrogens with zero attached hydrogens (tertiary/aromatic N) is 1. The lowest BCUT2D eigenvalue weighted by Gasteiger charge is -2.17. The van der Waals surface area contributed by atoms with E-state index in [1.165, 1.54) is 16.3 Å². The van der Waals surface area contributed by atoms with Gasteiger partial charge < -0.3 is 10.3 Å². The molecular weight excluding hydrogens is 246 g/mol. The highest BCUT2D eigenvalue weighted by atomic mass is 15.0. The molecule has 3 rings (SSSR count). The van der Waals surface area contributed by atoms with Crippen LogP contribution in [0.5, 0.6) is 0 Å². The van der Waals surface area contributed by atoms with E-state index in [9.17, 15) is 0 Å². The maximum absolute atomic E-state index is 4.39. The van der Waals surface area contributed by atoms with Crippen LogP contribution >= 0.6 is 0 Å². The van der Waals surface area contributed by atoms with Crippen LogP contribution in [0.4, 0.5) is 0 Å². The number of fused-ring (bicyclic) bond motifs is 1. The van der Waals surface area contributed by atoms with Crippen LogP contribution in [0.2, 0.25) is 0 Å². The van der Waals surface area contributed by atoms with E-state index < -0.39 is 0 Å². The molecule has 0 aliphatic carbocycles. The summed E-state index contributed by atoms with van der Waals surface area (Å²) in [6.45, 7) is 3.05. The smallest absolute Gasteiger partial charge is 0.123 e. The topological polar surface area (TPSA) is 40.7 Å². The predicted octanol–water partition coefficient (Wildman–Crippen LogP) is 3.46. The molecule has 1 aromatic heterocycles. The molecule has 102 valence electrons. The lowest BCUT2D eigenvalue weighted by molar-refractivity contribution is 0.527. The van der Waals surface area contributed by atoms with E-state index in [-0.39, 0.29) is 6.04 Å². The molecule has 2 N–H and O–H groups in total. The second kappa shape index (κ2) is 5.88. The van der Waals surface area contributed by atoms with Gasteiger partial charge in [0.15, 0.2) is 0 Å². The van der Waals surface area contributed by atoms with E-state index in [1.54, 1.807) is 0 Å². The molecule has 0 saturated carbocycles. The molecule has 0 aliphatic heterocycles. The fraction of sp³-hybridized carbons (Fsp3) is 0.235. The average Bonchev–Trinajstić information content (AvgIpc) is 3.01. The van der Waals surface area contributed by atoms with Gasteiger partial charge in [0.25, 0.3) is 0 Å². The summed E-state index contributed by atoms with van der Waals surface area (Å²) in [5, 5.41) is 6.12. The molecule has 0 fully saturated rings. The Kier molecular flexibility index (Phi) is 3.79. The molecule has 0 bridgehead atoms. The summed E-state index contributed by atoms with van der Waals surface area (Å²) in [6.07, 6.45) is 4.62. The van der Waals surface area contributed by atoms with Crippen LogP contribution in [0.3, 0.4) is 0 Å². The van der Waals surface area contributed by atoms with Gasteiger partial charge in [0.05, 0.1) is 6.04 Å². The van der Waals surface area contributed by atoms with Crippen molar-refractivity contribution in [2.75, 3.05) is 6.54 Å². The molecule has 20 heavy (non-hydrogen) atoms. The maximum Gasteiger partial charge on any atom is 0.123 e. The van der Waals surface area contributed by atoms with Gasteiger partial charge in [-0.2, -0.15) is 0 Å². The summed E-state index contributed by atoms with van der Waals surface area (Å²) < 4.78 is 0. The summed E-state index contributed by atoms with van der Waals surface area (Å²) in [7, 11) is 0. The average molecular weight is 265 g/mol. The van der Waals surface area contributed by atoms with E-state index in [4.69, 9.17) is 0 Å². The normalized spacial score (nSPS) is 12.7. The maximum atomic E-state index is 4.39. The third-order valence-corrected chi connectivity index (χ3v) is 3.60. The van der Waals surface area contributed by atoms with Crippen molar-refractivity contribution < 1.29 is 0 Å². The van der Waals surface area contributed by atoms with Gasteiger partial charge in [-0.05, 0) is 29.3 Å². The Hall–Kier alpha value is -2.13. The summed E-state index contributed by atoms with van der Waals surface area (Å²) in [5.41, 5.74) is 1.35. The van der Waals surface area contributed by atoms with E-state index >= 15 is 0 Å². The number of likely N-dealkylation sites (N-methyl/N-ethyl adjacent to an activating group) is 1. The van der Waals surface area contributed by atoms with Crippen molar-refractivity contribution in [1.29, 1.82) is 0 Å². The van der Waals surface area contributed by atoms with Crippen LogP contribution in [0, 0.1) is 0 Å². The molecule has 0 saturated heterocycles. The minimum Gasteiger partial charge on any atom is -0.347 e. The number of imidazole rings is 1. The van der Waals surface area contributed by atoms with Crippen molar-refractivity contribution in [3.05, 3.63) is 66.2 Å². The SMILES string of the molecule is CCNC(Cc1cccc2ccccc12)c1ncc[nH]1. The lowest BCUT2D eigenvalue weighted by Crippen LogP contribution is -2.24. The van der Waals surface area contributed by atoms with Gasteiger partial charge >= 0.3 is 0 Å². The fourth-order valence-corrected chi connectivity index (χ4v) is 2.67. The molecule has 0 spiro atoms. The van der Waals surface area contributed by atoms with Gasteiger partial charge in [0.1, 0.15) is 5.82 Å². The van der Waals surface area contributed by atoms with Crippen LogP contribution in [0.25, 0.3) is 10.8 Å². The van der Waals surface area contributed by atoms with Crippen molar-refractivity contribution in [2.24, 2.45) is 0 Å². The predicted molar refractivity (Wildman–Crippen MR) is 82.7 cm³/mol. The summed E-state index contributed by atoms with van der Waals surface area (Å²) in [4.78, 5) is 7.61. The quantitative estimate of drug-likeness (QED) is 0.741. The second-order valence-corrected chi connectivity index (χ2v) is 4.93. The van der Waals surface area contributed by atoms with Gasteiger partial charge in [0, 0.05) is 12.4 Å². The Morgan fingerprint density at radius 3 is 2.80 bits per heavy atom. The highest BCUT2D eigenvalue weighted by Gasteiger charge is 2.14. The Labute approximate surface area is 119 Å². The largest absolute Gasteiger partial charge is 0.347 e. The van der Waals surface area contributed by atoms with Gasteiger partial charge in [-0.15, -0.1) is 0 Å². The van der Waals surface area contributed by atoms with Gasteiger partial charge in [-0.3, -0.25) is 0 Å². The zero-order valence-electron chi connectivity index (χ0n) is 11.6. The number of aromatic amines is 1. The standard InChI is InChI=1S/C17H19N3/c1-2-18-16(17-19-10-11-20-17)12-14-8-5-7-13-6-3-4-9-15(13)14/h3-11,16,18H,2,12H2,1H3,(H,19,20). The second-order valence-electron chi connectivity index (χ2n) is 4.93. The van der Waals surface area contributed by atoms with Crippen LogP contribution < -0.4 is 5.32 Å². The zero-order chi connectivity index (χ0) is 13.8. The molecule has 1 unspecified atom stereocenters. The molecule has 3 aromatic rings. The van der Waals surface area contributed by atoms with Crippen molar-refractivity contribution >= 4 is 10.8 Å². The highest BCUT2D eigenvalue weighted by molar-refractivity contribution is 5.85. The number of nitrogens with one attached hydrogen (secondary N) is 2. The van der Waals surface area contributed by atoms with Crippen molar-refractivity contribution in [3.8, 4) is 0 Å². The van der Waals surface area contributed by atoms with Gasteiger partial charge in [0.2, 0.25) is 0 Å². The number of H-pyrrole nitrogens is 1. The van der Waals surface area contributed by atoms with Crippen molar-refractivity contribution in [2.45, 2.75) is 19.4 Å². The van der Waals surface area contributed by atoms with Crippen molar-refractivity contribution in [1.82, 2.24) is 15.3 Å². The first-order valence-electron chi connectivity index (χ1n) is 7.07. The van der Waals surface area contributed by atoms with Gasteiger partial charge in [-0.25, -0.2) is 4.98 Å². The number of hydrogen-bond donors (Lipinski definition) is 2. The first-order chi connectivity index (χ1) is 9.88. The number of aromatic nitrogens is 2. The van der Waals surface area contributed by atoms with Crippen molar-refractivity contribution in [3.63, 3.8) is 0 Å². The highest BCUT2D eigenvalue weighted by Crippen LogP contribution is 2.23. The zero-order valence-corrected chi connectivity index (χ0v) is 11.6. The first kappa shape index (κ1) is 12.9.